The van der Waals surface area contributed by atoms with Gasteiger partial charge in [-0.25, -0.2) is 0 Å². The van der Waals surface area contributed by atoms with E-state index in [0.717, 1.165) is 17.8 Å². The van der Waals surface area contributed by atoms with Gasteiger partial charge in [0.05, 0.1) is 0 Å². The quantitative estimate of drug-likeness (QED) is 0.827. The van der Waals surface area contributed by atoms with Gasteiger partial charge in [0.25, 0.3) is 0 Å². The van der Waals surface area contributed by atoms with Crippen LogP contribution in [0.2, 0.25) is 0 Å². The Balaban J connectivity index is 1.96. The van der Waals surface area contributed by atoms with Gasteiger partial charge in [0.15, 0.2) is 0 Å². The van der Waals surface area contributed by atoms with Gasteiger partial charge in [0.2, 0.25) is 5.88 Å². The number of aromatic nitrogens is 2. The van der Waals surface area contributed by atoms with Crippen molar-refractivity contribution in [2.45, 2.75) is 20.1 Å². The van der Waals surface area contributed by atoms with Crippen molar-refractivity contribution in [3.63, 3.8) is 0 Å². The second kappa shape index (κ2) is 5.50. The van der Waals surface area contributed by atoms with E-state index in [9.17, 15) is 0 Å². The van der Waals surface area contributed by atoms with Crippen LogP contribution in [-0.2, 0) is 13.2 Å². The lowest BCUT2D eigenvalue weighted by molar-refractivity contribution is 0.293. The lowest BCUT2D eigenvalue weighted by atomic mass is 10.1. The molecule has 0 bridgehead atoms. The Hall–Kier alpha value is -1.81. The summed E-state index contributed by atoms with van der Waals surface area (Å²) >= 11 is 0. The van der Waals surface area contributed by atoms with E-state index in [1.807, 2.05) is 26.1 Å². The van der Waals surface area contributed by atoms with Crippen molar-refractivity contribution in [3.05, 3.63) is 47.2 Å². The predicted molar refractivity (Wildman–Crippen MR) is 66.9 cm³/mol. The van der Waals surface area contributed by atoms with Crippen molar-refractivity contribution in [2.75, 3.05) is 7.05 Å². The Morgan fingerprint density at radius 1 is 1.29 bits per heavy atom. The molecule has 0 fully saturated rings. The van der Waals surface area contributed by atoms with Gasteiger partial charge >= 0.3 is 0 Å². The van der Waals surface area contributed by atoms with E-state index in [4.69, 9.17) is 4.74 Å². The maximum atomic E-state index is 5.58. The molecule has 2 rings (SSSR count). The van der Waals surface area contributed by atoms with Crippen LogP contribution in [0.1, 0.15) is 16.8 Å². The smallest absolute Gasteiger partial charge is 0.233 e. The lowest BCUT2D eigenvalue weighted by Crippen LogP contribution is -2.05. The molecule has 2 N–H and O–H groups in total. The molecule has 0 aliphatic carbocycles. The van der Waals surface area contributed by atoms with Crippen molar-refractivity contribution >= 4 is 0 Å². The number of hydrogen-bond acceptors (Lipinski definition) is 3. The third kappa shape index (κ3) is 3.32. The molecule has 0 amide bonds. The molecule has 0 aliphatic rings. The molecule has 0 spiro atoms. The number of ether oxygens (including phenoxy) is 1. The van der Waals surface area contributed by atoms with Crippen LogP contribution < -0.4 is 10.1 Å². The van der Waals surface area contributed by atoms with Gasteiger partial charge < -0.3 is 10.1 Å². The monoisotopic (exact) mass is 231 g/mol. The summed E-state index contributed by atoms with van der Waals surface area (Å²) in [7, 11) is 1.94. The molecule has 1 aromatic carbocycles. The third-order valence-electron chi connectivity index (χ3n) is 2.44. The highest BCUT2D eigenvalue weighted by Crippen LogP contribution is 2.11. The number of benzene rings is 1. The Kier molecular flexibility index (Phi) is 3.77. The number of hydrogen-bond donors (Lipinski definition) is 2. The summed E-state index contributed by atoms with van der Waals surface area (Å²) in [4.78, 5) is 0. The van der Waals surface area contributed by atoms with Crippen LogP contribution in [0, 0.1) is 6.92 Å². The first-order valence-corrected chi connectivity index (χ1v) is 5.65. The minimum atomic E-state index is 0.543. The Morgan fingerprint density at radius 2 is 2.12 bits per heavy atom. The summed E-state index contributed by atoms with van der Waals surface area (Å²) in [6.07, 6.45) is 0. The zero-order valence-corrected chi connectivity index (χ0v) is 10.2. The molecule has 17 heavy (non-hydrogen) atoms. The van der Waals surface area contributed by atoms with Crippen LogP contribution >= 0.6 is 0 Å². The molecule has 2 aromatic rings. The third-order valence-corrected chi connectivity index (χ3v) is 2.44. The molecule has 1 aromatic heterocycles. The van der Waals surface area contributed by atoms with Gasteiger partial charge in [-0.15, -0.1) is 5.10 Å². The van der Waals surface area contributed by atoms with Crippen molar-refractivity contribution in [1.82, 2.24) is 15.5 Å². The zero-order valence-electron chi connectivity index (χ0n) is 10.2. The van der Waals surface area contributed by atoms with E-state index in [0.29, 0.717) is 12.5 Å². The highest BCUT2D eigenvalue weighted by Gasteiger charge is 2.00. The summed E-state index contributed by atoms with van der Waals surface area (Å²) in [6.45, 7) is 3.37. The van der Waals surface area contributed by atoms with Crippen LogP contribution in [0.5, 0.6) is 5.88 Å². The number of aryl methyl sites for hydroxylation is 1. The molecule has 4 nitrogen and oxygen atoms in total. The molecule has 0 aliphatic heterocycles. The second-order valence-corrected chi connectivity index (χ2v) is 4.03. The highest BCUT2D eigenvalue weighted by atomic mass is 16.5. The maximum absolute atomic E-state index is 5.58. The largest absolute Gasteiger partial charge is 0.472 e. The molecule has 0 saturated carbocycles. The topological polar surface area (TPSA) is 49.9 Å². The van der Waals surface area contributed by atoms with Crippen molar-refractivity contribution in [3.8, 4) is 5.88 Å². The van der Waals surface area contributed by atoms with Gasteiger partial charge in [-0.05, 0) is 25.1 Å². The van der Waals surface area contributed by atoms with Crippen molar-refractivity contribution < 1.29 is 4.74 Å². The highest BCUT2D eigenvalue weighted by molar-refractivity contribution is 5.23. The Bertz CT molecular complexity index is 479. The standard InChI is InChI=1S/C13H17N3O/c1-10-6-13(16-15-10)17-9-12-5-3-4-11(7-12)8-14-2/h3-7,14H,8-9H2,1-2H3,(H,15,16). The average Bonchev–Trinajstić information content (AvgIpc) is 2.74. The summed E-state index contributed by atoms with van der Waals surface area (Å²) in [6, 6.07) is 10.2. The van der Waals surface area contributed by atoms with Gasteiger partial charge in [0.1, 0.15) is 6.61 Å². The fourth-order valence-electron chi connectivity index (χ4n) is 1.66. The molecule has 1 heterocycles. The van der Waals surface area contributed by atoms with Crippen LogP contribution in [0.4, 0.5) is 0 Å². The minimum Gasteiger partial charge on any atom is -0.472 e. The average molecular weight is 231 g/mol. The van der Waals surface area contributed by atoms with E-state index >= 15 is 0 Å². The lowest BCUT2D eigenvalue weighted by Gasteiger charge is -2.05. The number of nitrogens with one attached hydrogen (secondary N) is 2. The molecular formula is C13H17N3O. The van der Waals surface area contributed by atoms with E-state index in [1.165, 1.54) is 5.56 Å². The molecule has 4 heteroatoms. The van der Waals surface area contributed by atoms with E-state index in [2.05, 4.69) is 33.7 Å². The predicted octanol–water partition coefficient (Wildman–Crippen LogP) is 2.02. The number of aromatic amines is 1. The summed E-state index contributed by atoms with van der Waals surface area (Å²) in [5.41, 5.74) is 3.41. The first-order valence-electron chi connectivity index (χ1n) is 5.65. The van der Waals surface area contributed by atoms with E-state index in [1.54, 1.807) is 0 Å². The molecule has 90 valence electrons. The van der Waals surface area contributed by atoms with Gasteiger partial charge in [-0.1, -0.05) is 24.3 Å². The van der Waals surface area contributed by atoms with E-state index in [-0.39, 0.29) is 0 Å². The number of nitrogens with zero attached hydrogens (tertiary/aromatic N) is 1. The molecule has 0 saturated heterocycles. The van der Waals surface area contributed by atoms with Crippen molar-refractivity contribution in [2.24, 2.45) is 0 Å². The summed E-state index contributed by atoms with van der Waals surface area (Å²) < 4.78 is 5.58. The molecular weight excluding hydrogens is 214 g/mol. The molecule has 0 atom stereocenters. The summed E-state index contributed by atoms with van der Waals surface area (Å²) in [5.74, 6) is 0.640. The van der Waals surface area contributed by atoms with Gasteiger partial charge in [-0.3, -0.25) is 5.10 Å². The number of H-pyrrole nitrogens is 1. The number of rotatable bonds is 5. The summed E-state index contributed by atoms with van der Waals surface area (Å²) in [5, 5.41) is 10.0. The molecule has 0 unspecified atom stereocenters. The zero-order chi connectivity index (χ0) is 12.1. The van der Waals surface area contributed by atoms with Gasteiger partial charge in [0, 0.05) is 18.3 Å². The van der Waals surface area contributed by atoms with Crippen LogP contribution in [0.15, 0.2) is 30.3 Å². The second-order valence-electron chi connectivity index (χ2n) is 4.03. The van der Waals surface area contributed by atoms with Crippen LogP contribution in [0.3, 0.4) is 0 Å². The fourth-order valence-corrected chi connectivity index (χ4v) is 1.66. The molecule has 0 radical (unpaired) electrons. The normalized spacial score (nSPS) is 10.5. The first-order chi connectivity index (χ1) is 8.28. The van der Waals surface area contributed by atoms with Crippen LogP contribution in [-0.4, -0.2) is 17.2 Å². The Labute approximate surface area is 101 Å². The van der Waals surface area contributed by atoms with Crippen molar-refractivity contribution in [1.29, 1.82) is 0 Å². The van der Waals surface area contributed by atoms with Crippen LogP contribution in [0.25, 0.3) is 0 Å². The van der Waals surface area contributed by atoms with E-state index < -0.39 is 0 Å². The first kappa shape index (κ1) is 11.7. The SMILES string of the molecule is CNCc1cccc(COc2cc(C)[nH]n2)c1. The fraction of sp³-hybridized carbons (Fsp3) is 0.308. The van der Waals surface area contributed by atoms with Gasteiger partial charge in [-0.2, -0.15) is 0 Å². The minimum absolute atomic E-state index is 0.543. The Morgan fingerprint density at radius 3 is 2.82 bits per heavy atom. The maximum Gasteiger partial charge on any atom is 0.233 e.